The largest absolute Gasteiger partial charge is 0.382 e. The van der Waals surface area contributed by atoms with Gasteiger partial charge in [0.05, 0.1) is 4.92 Å². The first-order valence-corrected chi connectivity index (χ1v) is 6.58. The summed E-state index contributed by atoms with van der Waals surface area (Å²) in [4.78, 5) is 10.4. The van der Waals surface area contributed by atoms with E-state index in [1.165, 1.54) is 25.7 Å². The molecule has 0 amide bonds. The molecular formula is C14H20N2O2. The number of anilines is 1. The lowest BCUT2D eigenvalue weighted by molar-refractivity contribution is -0.385. The van der Waals surface area contributed by atoms with Gasteiger partial charge in [0.1, 0.15) is 0 Å². The molecule has 0 aromatic heterocycles. The van der Waals surface area contributed by atoms with Gasteiger partial charge in [0.2, 0.25) is 0 Å². The highest BCUT2D eigenvalue weighted by Crippen LogP contribution is 2.28. The first-order valence-electron chi connectivity index (χ1n) is 6.58. The van der Waals surface area contributed by atoms with Crippen LogP contribution in [0.2, 0.25) is 0 Å². The van der Waals surface area contributed by atoms with Crippen molar-refractivity contribution in [3.8, 4) is 0 Å². The van der Waals surface area contributed by atoms with Crippen LogP contribution in [0.3, 0.4) is 0 Å². The van der Waals surface area contributed by atoms with Gasteiger partial charge in [0.25, 0.3) is 5.69 Å². The number of nitrogens with one attached hydrogen (secondary N) is 1. The molecule has 1 saturated carbocycles. The Morgan fingerprint density at radius 1 is 1.39 bits per heavy atom. The molecule has 1 aliphatic rings. The zero-order valence-electron chi connectivity index (χ0n) is 11.0. The van der Waals surface area contributed by atoms with Gasteiger partial charge in [-0.15, -0.1) is 0 Å². The Balaban J connectivity index is 2.05. The summed E-state index contributed by atoms with van der Waals surface area (Å²) in [5.41, 5.74) is 1.91. The van der Waals surface area contributed by atoms with E-state index in [1.807, 2.05) is 12.1 Å². The Morgan fingerprint density at radius 2 is 2.17 bits per heavy atom. The molecule has 1 fully saturated rings. The third-order valence-electron chi connectivity index (χ3n) is 3.70. The van der Waals surface area contributed by atoms with Crippen LogP contribution in [0.4, 0.5) is 11.4 Å². The number of benzene rings is 1. The van der Waals surface area contributed by atoms with Crippen molar-refractivity contribution in [1.82, 2.24) is 0 Å². The second kappa shape index (κ2) is 5.38. The standard InChI is InChI=1S/C14H20N2O2/c1-10-4-3-5-12(8-10)15-13-6-7-14(16(17)18)11(2)9-13/h6-7,9-10,12,15H,3-5,8H2,1-2H3. The highest BCUT2D eigenvalue weighted by Gasteiger charge is 2.19. The van der Waals surface area contributed by atoms with Crippen LogP contribution in [-0.2, 0) is 0 Å². The fraction of sp³-hybridized carbons (Fsp3) is 0.571. The monoisotopic (exact) mass is 248 g/mol. The molecule has 1 aromatic rings. The van der Waals surface area contributed by atoms with Gasteiger partial charge >= 0.3 is 0 Å². The maximum atomic E-state index is 10.8. The molecule has 0 aliphatic heterocycles. The number of nitro groups is 1. The van der Waals surface area contributed by atoms with E-state index in [-0.39, 0.29) is 10.6 Å². The van der Waals surface area contributed by atoms with Crippen LogP contribution in [0.15, 0.2) is 18.2 Å². The molecule has 4 heteroatoms. The number of hydrogen-bond acceptors (Lipinski definition) is 3. The summed E-state index contributed by atoms with van der Waals surface area (Å²) in [5.74, 6) is 0.774. The van der Waals surface area contributed by atoms with Gasteiger partial charge < -0.3 is 5.32 Å². The van der Waals surface area contributed by atoms with E-state index in [0.29, 0.717) is 11.6 Å². The van der Waals surface area contributed by atoms with E-state index in [1.54, 1.807) is 13.0 Å². The fourth-order valence-electron chi connectivity index (χ4n) is 2.75. The second-order valence-corrected chi connectivity index (χ2v) is 5.37. The van der Waals surface area contributed by atoms with Crippen molar-refractivity contribution in [1.29, 1.82) is 0 Å². The van der Waals surface area contributed by atoms with Crippen molar-refractivity contribution in [3.05, 3.63) is 33.9 Å². The number of hydrogen-bond donors (Lipinski definition) is 1. The average Bonchev–Trinajstić information content (AvgIpc) is 2.28. The Bertz CT molecular complexity index is 445. The summed E-state index contributed by atoms with van der Waals surface area (Å²) < 4.78 is 0. The summed E-state index contributed by atoms with van der Waals surface area (Å²) >= 11 is 0. The van der Waals surface area contributed by atoms with Gasteiger partial charge in [-0.2, -0.15) is 0 Å². The maximum Gasteiger partial charge on any atom is 0.272 e. The van der Waals surface area contributed by atoms with E-state index < -0.39 is 0 Å². The number of nitro benzene ring substituents is 1. The molecule has 0 bridgehead atoms. The zero-order valence-corrected chi connectivity index (χ0v) is 11.0. The average molecular weight is 248 g/mol. The van der Waals surface area contributed by atoms with Crippen molar-refractivity contribution >= 4 is 11.4 Å². The van der Waals surface area contributed by atoms with Gasteiger partial charge in [0, 0.05) is 23.4 Å². The number of rotatable bonds is 3. The summed E-state index contributed by atoms with van der Waals surface area (Å²) in [5, 5.41) is 14.2. The van der Waals surface area contributed by atoms with Gasteiger partial charge in [0.15, 0.2) is 0 Å². The molecule has 98 valence electrons. The van der Waals surface area contributed by atoms with Crippen LogP contribution in [0, 0.1) is 23.0 Å². The third-order valence-corrected chi connectivity index (χ3v) is 3.70. The minimum atomic E-state index is -0.332. The van der Waals surface area contributed by atoms with Crippen molar-refractivity contribution < 1.29 is 4.92 Å². The summed E-state index contributed by atoms with van der Waals surface area (Å²) in [6, 6.07) is 5.78. The third kappa shape index (κ3) is 3.00. The highest BCUT2D eigenvalue weighted by atomic mass is 16.6. The van der Waals surface area contributed by atoms with Crippen LogP contribution in [0.1, 0.15) is 38.2 Å². The number of aryl methyl sites for hydroxylation is 1. The van der Waals surface area contributed by atoms with Gasteiger partial charge in [-0.3, -0.25) is 10.1 Å². The molecule has 2 rings (SSSR count). The Hall–Kier alpha value is -1.58. The Kier molecular flexibility index (Phi) is 3.84. The van der Waals surface area contributed by atoms with E-state index in [2.05, 4.69) is 12.2 Å². The Labute approximate surface area is 108 Å². The maximum absolute atomic E-state index is 10.8. The summed E-state index contributed by atoms with van der Waals surface area (Å²) in [6.45, 7) is 4.07. The van der Waals surface area contributed by atoms with Gasteiger partial charge in [-0.05, 0) is 37.8 Å². The zero-order chi connectivity index (χ0) is 13.1. The minimum absolute atomic E-state index is 0.192. The van der Waals surface area contributed by atoms with Crippen LogP contribution < -0.4 is 5.32 Å². The molecule has 4 nitrogen and oxygen atoms in total. The minimum Gasteiger partial charge on any atom is -0.382 e. The molecule has 1 aromatic carbocycles. The van der Waals surface area contributed by atoms with Gasteiger partial charge in [-0.25, -0.2) is 0 Å². The molecule has 2 atom stereocenters. The van der Waals surface area contributed by atoms with E-state index in [9.17, 15) is 10.1 Å². The van der Waals surface area contributed by atoms with Crippen LogP contribution in [-0.4, -0.2) is 11.0 Å². The quantitative estimate of drug-likeness (QED) is 0.652. The number of nitrogens with zero attached hydrogens (tertiary/aromatic N) is 1. The predicted octanol–water partition coefficient (Wildman–Crippen LogP) is 3.89. The van der Waals surface area contributed by atoms with Crippen LogP contribution in [0.5, 0.6) is 0 Å². The second-order valence-electron chi connectivity index (χ2n) is 5.37. The van der Waals surface area contributed by atoms with Crippen molar-refractivity contribution in [3.63, 3.8) is 0 Å². The summed E-state index contributed by atoms with van der Waals surface area (Å²) in [7, 11) is 0. The molecule has 18 heavy (non-hydrogen) atoms. The lowest BCUT2D eigenvalue weighted by atomic mass is 9.87. The topological polar surface area (TPSA) is 55.2 Å². The summed E-state index contributed by atoms with van der Waals surface area (Å²) in [6.07, 6.45) is 4.97. The molecule has 2 unspecified atom stereocenters. The fourth-order valence-corrected chi connectivity index (χ4v) is 2.75. The SMILES string of the molecule is Cc1cc(NC2CCCC(C)C2)ccc1[N+](=O)[O-]. The van der Waals surface area contributed by atoms with E-state index in [4.69, 9.17) is 0 Å². The van der Waals surface area contributed by atoms with Crippen molar-refractivity contribution in [2.75, 3.05) is 5.32 Å². The molecule has 0 radical (unpaired) electrons. The lowest BCUT2D eigenvalue weighted by Gasteiger charge is -2.28. The molecular weight excluding hydrogens is 228 g/mol. The first-order chi connectivity index (χ1) is 8.56. The van der Waals surface area contributed by atoms with Gasteiger partial charge in [-0.1, -0.05) is 19.8 Å². The molecule has 0 heterocycles. The van der Waals surface area contributed by atoms with Crippen LogP contribution in [0.25, 0.3) is 0 Å². The highest BCUT2D eigenvalue weighted by molar-refractivity contribution is 5.54. The molecule has 0 spiro atoms. The lowest BCUT2D eigenvalue weighted by Crippen LogP contribution is -2.26. The first kappa shape index (κ1) is 12.9. The van der Waals surface area contributed by atoms with Crippen molar-refractivity contribution in [2.24, 2.45) is 5.92 Å². The van der Waals surface area contributed by atoms with E-state index in [0.717, 1.165) is 11.6 Å². The smallest absolute Gasteiger partial charge is 0.272 e. The molecule has 1 aliphatic carbocycles. The predicted molar refractivity (Wildman–Crippen MR) is 72.9 cm³/mol. The van der Waals surface area contributed by atoms with Crippen LogP contribution >= 0.6 is 0 Å². The van der Waals surface area contributed by atoms with E-state index >= 15 is 0 Å². The molecule has 0 saturated heterocycles. The van der Waals surface area contributed by atoms with Crippen molar-refractivity contribution in [2.45, 2.75) is 45.6 Å². The normalized spacial score (nSPS) is 23.7. The Morgan fingerprint density at radius 3 is 2.78 bits per heavy atom. The molecule has 1 N–H and O–H groups in total.